The highest BCUT2D eigenvalue weighted by atomic mass is 16.5. The molecule has 1 amide bonds. The molecule has 0 spiro atoms. The Labute approximate surface area is 200 Å². The summed E-state index contributed by atoms with van der Waals surface area (Å²) >= 11 is 0. The van der Waals surface area contributed by atoms with E-state index in [4.69, 9.17) is 18.9 Å². The van der Waals surface area contributed by atoms with Gasteiger partial charge in [-0.1, -0.05) is 13.8 Å². The molecule has 1 aliphatic carbocycles. The molecule has 0 aromatic heterocycles. The molecule has 2 aromatic carbocycles. The van der Waals surface area contributed by atoms with Crippen LogP contribution < -0.4 is 23.8 Å². The number of rotatable bonds is 6. The Morgan fingerprint density at radius 1 is 0.853 bits per heavy atom. The topological polar surface area (TPSA) is 74.3 Å². The second kappa shape index (κ2) is 9.05. The number of hydrogen-bond donors (Lipinski definition) is 0. The van der Waals surface area contributed by atoms with Gasteiger partial charge >= 0.3 is 0 Å². The van der Waals surface area contributed by atoms with Crippen LogP contribution in [0, 0.1) is 5.41 Å². The minimum Gasteiger partial charge on any atom is -0.497 e. The third kappa shape index (κ3) is 4.11. The van der Waals surface area contributed by atoms with Gasteiger partial charge in [0.1, 0.15) is 5.75 Å². The second-order valence-corrected chi connectivity index (χ2v) is 9.44. The van der Waals surface area contributed by atoms with Crippen molar-refractivity contribution in [3.8, 4) is 23.0 Å². The average molecular weight is 466 g/mol. The molecule has 180 valence electrons. The van der Waals surface area contributed by atoms with Crippen molar-refractivity contribution in [3.63, 3.8) is 0 Å². The number of Topliss-reactive ketones (excluding diaryl/α,β-unsaturated/α-hetero) is 1. The van der Waals surface area contributed by atoms with Crippen molar-refractivity contribution in [1.29, 1.82) is 0 Å². The maximum Gasteiger partial charge on any atom is 0.232 e. The zero-order valence-electron chi connectivity index (χ0n) is 20.6. The van der Waals surface area contributed by atoms with E-state index in [1.165, 1.54) is 0 Å². The minimum atomic E-state index is -0.394. The number of benzene rings is 2. The third-order valence-electron chi connectivity index (χ3n) is 6.56. The van der Waals surface area contributed by atoms with Gasteiger partial charge in [-0.3, -0.25) is 14.5 Å². The molecule has 2 aliphatic rings. The van der Waals surface area contributed by atoms with Gasteiger partial charge in [0.2, 0.25) is 11.7 Å². The lowest BCUT2D eigenvalue weighted by molar-refractivity contribution is -0.121. The highest BCUT2D eigenvalue weighted by Crippen LogP contribution is 2.50. The molecule has 4 rings (SSSR count). The van der Waals surface area contributed by atoms with E-state index in [1.807, 2.05) is 36.4 Å². The molecule has 0 saturated heterocycles. The summed E-state index contributed by atoms with van der Waals surface area (Å²) in [4.78, 5) is 28.9. The number of nitrogens with zero attached hydrogens (tertiary/aromatic N) is 1. The fourth-order valence-electron chi connectivity index (χ4n) is 5.03. The molecule has 7 heteroatoms. The van der Waals surface area contributed by atoms with Gasteiger partial charge in [-0.2, -0.15) is 0 Å². The van der Waals surface area contributed by atoms with Crippen LogP contribution in [0.15, 0.2) is 47.7 Å². The van der Waals surface area contributed by atoms with Crippen molar-refractivity contribution in [2.45, 2.75) is 39.0 Å². The monoisotopic (exact) mass is 465 g/mol. The molecule has 1 aliphatic heterocycles. The highest BCUT2D eigenvalue weighted by molar-refractivity contribution is 6.07. The maximum absolute atomic E-state index is 13.6. The molecule has 7 nitrogen and oxygen atoms in total. The number of ketones is 1. The molecule has 0 radical (unpaired) electrons. The number of carbonyl (C=O) groups excluding carboxylic acids is 2. The molecule has 34 heavy (non-hydrogen) atoms. The molecule has 2 aromatic rings. The normalized spacial score (nSPS) is 19.6. The summed E-state index contributed by atoms with van der Waals surface area (Å²) in [5, 5.41) is 0. The molecular formula is C27H31NO6. The van der Waals surface area contributed by atoms with Crippen LogP contribution in [0.2, 0.25) is 0 Å². The first kappa shape index (κ1) is 23.7. The zero-order valence-corrected chi connectivity index (χ0v) is 20.6. The van der Waals surface area contributed by atoms with E-state index in [0.29, 0.717) is 41.4 Å². The van der Waals surface area contributed by atoms with E-state index < -0.39 is 5.92 Å². The third-order valence-corrected chi connectivity index (χ3v) is 6.56. The maximum atomic E-state index is 13.6. The Hall–Kier alpha value is -3.48. The van der Waals surface area contributed by atoms with E-state index in [0.717, 1.165) is 16.9 Å². The first-order valence-corrected chi connectivity index (χ1v) is 11.3. The number of methoxy groups -OCH3 is 4. The molecule has 1 unspecified atom stereocenters. The van der Waals surface area contributed by atoms with Gasteiger partial charge in [0.25, 0.3) is 0 Å². The summed E-state index contributed by atoms with van der Waals surface area (Å²) in [6.07, 6.45) is 1.21. The first-order valence-electron chi connectivity index (χ1n) is 11.3. The fraction of sp³-hybridized carbons (Fsp3) is 0.407. The van der Waals surface area contributed by atoms with E-state index >= 15 is 0 Å². The fourth-order valence-corrected chi connectivity index (χ4v) is 5.03. The summed E-state index contributed by atoms with van der Waals surface area (Å²) < 4.78 is 21.8. The molecule has 0 saturated carbocycles. The van der Waals surface area contributed by atoms with Gasteiger partial charge in [0, 0.05) is 35.7 Å². The predicted molar refractivity (Wildman–Crippen MR) is 129 cm³/mol. The summed E-state index contributed by atoms with van der Waals surface area (Å²) in [6, 6.07) is 11.0. The van der Waals surface area contributed by atoms with E-state index in [1.54, 1.807) is 33.3 Å². The number of amides is 1. The van der Waals surface area contributed by atoms with Gasteiger partial charge in [-0.25, -0.2) is 0 Å². The van der Waals surface area contributed by atoms with Crippen LogP contribution in [-0.2, 0) is 9.59 Å². The van der Waals surface area contributed by atoms with Crippen molar-refractivity contribution < 1.29 is 28.5 Å². The second-order valence-electron chi connectivity index (χ2n) is 9.44. The number of ether oxygens (including phenoxy) is 4. The smallest absolute Gasteiger partial charge is 0.232 e. The molecule has 0 fully saturated rings. The Morgan fingerprint density at radius 3 is 2.00 bits per heavy atom. The van der Waals surface area contributed by atoms with Crippen LogP contribution in [-0.4, -0.2) is 40.1 Å². The van der Waals surface area contributed by atoms with Crippen LogP contribution in [0.25, 0.3) is 0 Å². The average Bonchev–Trinajstić information content (AvgIpc) is 2.81. The van der Waals surface area contributed by atoms with Crippen LogP contribution in [0.5, 0.6) is 23.0 Å². The largest absolute Gasteiger partial charge is 0.497 e. The lowest BCUT2D eigenvalue weighted by atomic mass is 9.69. The van der Waals surface area contributed by atoms with Gasteiger partial charge < -0.3 is 18.9 Å². The number of hydrogen-bond acceptors (Lipinski definition) is 6. The van der Waals surface area contributed by atoms with Gasteiger partial charge in [0.05, 0.1) is 28.4 Å². The summed E-state index contributed by atoms with van der Waals surface area (Å²) in [6.45, 7) is 4.13. The minimum absolute atomic E-state index is 0.0619. The van der Waals surface area contributed by atoms with Gasteiger partial charge in [-0.15, -0.1) is 0 Å². The van der Waals surface area contributed by atoms with Gasteiger partial charge in [-0.05, 0) is 53.8 Å². The van der Waals surface area contributed by atoms with Crippen LogP contribution in [0.4, 0.5) is 5.69 Å². The molecule has 1 atom stereocenters. The Bertz CT molecular complexity index is 1120. The molecule has 0 N–H and O–H groups in total. The molecule has 1 heterocycles. The number of anilines is 1. The highest BCUT2D eigenvalue weighted by Gasteiger charge is 2.44. The SMILES string of the molecule is COc1ccc(N2C(=O)CC(c3cc(OC)c(OC)c(OC)c3)C3=C2CC(C)(C)CC3=O)cc1. The van der Waals surface area contributed by atoms with Gasteiger partial charge in [0.15, 0.2) is 17.3 Å². The Kier molecular flexibility index (Phi) is 6.30. The molecular weight excluding hydrogens is 434 g/mol. The molecule has 0 bridgehead atoms. The standard InChI is InChI=1S/C27H31NO6/c1-27(2)14-20-25(21(29)15-27)19(16-11-22(32-4)26(34-6)23(12-16)33-5)13-24(30)28(20)17-7-9-18(31-3)10-8-17/h7-12,19H,13-15H2,1-6H3. The van der Waals surface area contributed by atoms with E-state index in [2.05, 4.69) is 13.8 Å². The summed E-state index contributed by atoms with van der Waals surface area (Å²) in [5.41, 5.74) is 2.72. The van der Waals surface area contributed by atoms with Crippen LogP contribution in [0.1, 0.15) is 44.6 Å². The number of allylic oxidation sites excluding steroid dienone is 2. The van der Waals surface area contributed by atoms with Crippen molar-refractivity contribution >= 4 is 17.4 Å². The Morgan fingerprint density at radius 2 is 1.47 bits per heavy atom. The Balaban J connectivity index is 1.90. The first-order chi connectivity index (χ1) is 16.2. The van der Waals surface area contributed by atoms with Crippen LogP contribution >= 0.6 is 0 Å². The summed E-state index contributed by atoms with van der Waals surface area (Å²) in [7, 11) is 6.26. The predicted octanol–water partition coefficient (Wildman–Crippen LogP) is 4.88. The zero-order chi connectivity index (χ0) is 24.6. The quantitative estimate of drug-likeness (QED) is 0.605. The van der Waals surface area contributed by atoms with E-state index in [9.17, 15) is 9.59 Å². The summed E-state index contributed by atoms with van der Waals surface area (Å²) in [5.74, 6) is 1.78. The van der Waals surface area contributed by atoms with Crippen molar-refractivity contribution in [1.82, 2.24) is 0 Å². The van der Waals surface area contributed by atoms with Crippen LogP contribution in [0.3, 0.4) is 0 Å². The van der Waals surface area contributed by atoms with Crippen molar-refractivity contribution in [2.24, 2.45) is 5.41 Å². The van der Waals surface area contributed by atoms with Crippen molar-refractivity contribution in [3.05, 3.63) is 53.2 Å². The van der Waals surface area contributed by atoms with Crippen molar-refractivity contribution in [2.75, 3.05) is 33.3 Å². The number of carbonyl (C=O) groups is 2. The lowest BCUT2D eigenvalue weighted by Gasteiger charge is -2.43. The lowest BCUT2D eigenvalue weighted by Crippen LogP contribution is -2.43. The van der Waals surface area contributed by atoms with E-state index in [-0.39, 0.29) is 23.5 Å².